The topological polar surface area (TPSA) is 61.8 Å². The fraction of sp³-hybridized carbons (Fsp3) is 0.500. The highest BCUT2D eigenvalue weighted by molar-refractivity contribution is 5.82. The van der Waals surface area contributed by atoms with Crippen molar-refractivity contribution < 1.29 is 0 Å². The number of nitrogens with zero attached hydrogens (tertiary/aromatic N) is 4. The Labute approximate surface area is 153 Å². The van der Waals surface area contributed by atoms with Gasteiger partial charge in [0, 0.05) is 30.6 Å². The van der Waals surface area contributed by atoms with Gasteiger partial charge in [0.15, 0.2) is 0 Å². The molecule has 2 aliphatic rings. The summed E-state index contributed by atoms with van der Waals surface area (Å²) in [6.07, 6.45) is 4.46. The van der Waals surface area contributed by atoms with E-state index in [0.717, 1.165) is 42.3 Å². The molecule has 0 amide bonds. The summed E-state index contributed by atoms with van der Waals surface area (Å²) in [6, 6.07) is 6.49. The second-order valence-corrected chi connectivity index (χ2v) is 7.59. The van der Waals surface area contributed by atoms with E-state index in [1.807, 2.05) is 6.20 Å². The molecule has 6 nitrogen and oxygen atoms in total. The van der Waals surface area contributed by atoms with Crippen molar-refractivity contribution in [2.24, 2.45) is 5.92 Å². The van der Waals surface area contributed by atoms with Crippen LogP contribution in [0.5, 0.6) is 0 Å². The number of imidazole rings is 1. The first-order valence-corrected chi connectivity index (χ1v) is 9.76. The number of fused-ring (bicyclic) bond motifs is 2. The van der Waals surface area contributed by atoms with Crippen LogP contribution in [0.3, 0.4) is 0 Å². The Morgan fingerprint density at radius 3 is 2.92 bits per heavy atom. The van der Waals surface area contributed by atoms with Crippen LogP contribution in [0.25, 0.3) is 22.3 Å². The maximum atomic E-state index is 5.01. The van der Waals surface area contributed by atoms with E-state index in [4.69, 9.17) is 4.98 Å². The SMILES string of the molecule is CCN1CCC(Cn2c(-c3ccc4[nH]ncc4c3)nc3c2CNC3)CC1. The third kappa shape index (κ3) is 2.73. The van der Waals surface area contributed by atoms with Crippen LogP contribution in [0, 0.1) is 5.92 Å². The van der Waals surface area contributed by atoms with Crippen LogP contribution in [0.1, 0.15) is 31.2 Å². The van der Waals surface area contributed by atoms with Gasteiger partial charge in [-0.2, -0.15) is 5.10 Å². The van der Waals surface area contributed by atoms with Gasteiger partial charge in [0.2, 0.25) is 0 Å². The van der Waals surface area contributed by atoms with E-state index in [1.165, 1.54) is 49.4 Å². The molecule has 0 spiro atoms. The second-order valence-electron chi connectivity index (χ2n) is 7.59. The number of hydrogen-bond acceptors (Lipinski definition) is 4. The van der Waals surface area contributed by atoms with E-state index >= 15 is 0 Å². The monoisotopic (exact) mass is 350 g/mol. The zero-order valence-electron chi connectivity index (χ0n) is 15.3. The van der Waals surface area contributed by atoms with Crippen LogP contribution < -0.4 is 5.32 Å². The molecule has 6 heteroatoms. The van der Waals surface area contributed by atoms with Gasteiger partial charge in [-0.25, -0.2) is 4.98 Å². The molecule has 2 aliphatic heterocycles. The molecule has 0 radical (unpaired) electrons. The minimum absolute atomic E-state index is 0.744. The predicted octanol–water partition coefficient (Wildman–Crippen LogP) is 2.76. The molecule has 2 N–H and O–H groups in total. The normalized spacial score (nSPS) is 18.7. The van der Waals surface area contributed by atoms with Crippen molar-refractivity contribution >= 4 is 10.9 Å². The molecule has 0 aliphatic carbocycles. The molecular formula is C20H26N6. The van der Waals surface area contributed by atoms with Crippen molar-refractivity contribution in [3.8, 4) is 11.4 Å². The average molecular weight is 350 g/mol. The number of likely N-dealkylation sites (tertiary alicyclic amines) is 1. The van der Waals surface area contributed by atoms with E-state index in [0.29, 0.717) is 0 Å². The van der Waals surface area contributed by atoms with Crippen LogP contribution in [-0.4, -0.2) is 44.3 Å². The lowest BCUT2D eigenvalue weighted by Gasteiger charge is -2.31. The smallest absolute Gasteiger partial charge is 0.140 e. The predicted molar refractivity (Wildman–Crippen MR) is 103 cm³/mol. The maximum Gasteiger partial charge on any atom is 0.140 e. The fourth-order valence-corrected chi connectivity index (χ4v) is 4.42. The number of aromatic nitrogens is 4. The minimum atomic E-state index is 0.744. The zero-order chi connectivity index (χ0) is 17.5. The van der Waals surface area contributed by atoms with Gasteiger partial charge in [0.05, 0.1) is 23.1 Å². The number of aromatic amines is 1. The number of benzene rings is 1. The number of piperidine rings is 1. The van der Waals surface area contributed by atoms with Crippen molar-refractivity contribution in [3.05, 3.63) is 35.8 Å². The lowest BCUT2D eigenvalue weighted by Crippen LogP contribution is -2.35. The zero-order valence-corrected chi connectivity index (χ0v) is 15.3. The Morgan fingerprint density at radius 2 is 2.08 bits per heavy atom. The Balaban J connectivity index is 1.48. The summed E-state index contributed by atoms with van der Waals surface area (Å²) < 4.78 is 2.49. The molecule has 1 aromatic carbocycles. The van der Waals surface area contributed by atoms with E-state index < -0.39 is 0 Å². The highest BCUT2D eigenvalue weighted by atomic mass is 15.2. The van der Waals surface area contributed by atoms with E-state index in [2.05, 4.69) is 50.1 Å². The summed E-state index contributed by atoms with van der Waals surface area (Å²) in [5.41, 5.74) is 4.87. The van der Waals surface area contributed by atoms with Crippen LogP contribution in [0.15, 0.2) is 24.4 Å². The molecular weight excluding hydrogens is 324 g/mol. The number of hydrogen-bond donors (Lipinski definition) is 2. The summed E-state index contributed by atoms with van der Waals surface area (Å²) in [4.78, 5) is 7.57. The Hall–Kier alpha value is -2.18. The number of H-pyrrole nitrogens is 1. The van der Waals surface area contributed by atoms with E-state index in [-0.39, 0.29) is 0 Å². The summed E-state index contributed by atoms with van der Waals surface area (Å²) in [5, 5.41) is 11.8. The first-order valence-electron chi connectivity index (χ1n) is 9.76. The van der Waals surface area contributed by atoms with E-state index in [1.54, 1.807) is 0 Å². The molecule has 4 heterocycles. The van der Waals surface area contributed by atoms with Crippen LogP contribution >= 0.6 is 0 Å². The molecule has 3 aromatic rings. The first-order chi connectivity index (χ1) is 12.8. The van der Waals surface area contributed by atoms with Crippen molar-refractivity contribution in [2.75, 3.05) is 19.6 Å². The molecule has 26 heavy (non-hydrogen) atoms. The summed E-state index contributed by atoms with van der Waals surface area (Å²) in [5.74, 6) is 1.87. The lowest BCUT2D eigenvalue weighted by atomic mass is 9.96. The minimum Gasteiger partial charge on any atom is -0.326 e. The molecule has 1 saturated heterocycles. The van der Waals surface area contributed by atoms with Gasteiger partial charge in [0.25, 0.3) is 0 Å². The summed E-state index contributed by atoms with van der Waals surface area (Å²) in [7, 11) is 0. The third-order valence-corrected chi connectivity index (χ3v) is 6.03. The van der Waals surface area contributed by atoms with Gasteiger partial charge in [-0.3, -0.25) is 5.10 Å². The van der Waals surface area contributed by atoms with Crippen LogP contribution in [0.2, 0.25) is 0 Å². The van der Waals surface area contributed by atoms with Gasteiger partial charge >= 0.3 is 0 Å². The Bertz CT molecular complexity index is 916. The molecule has 0 bridgehead atoms. The van der Waals surface area contributed by atoms with Crippen LogP contribution in [0.4, 0.5) is 0 Å². The standard InChI is InChI=1S/C20H26N6/c1-2-25-7-5-14(6-8-25)13-26-19-12-21-11-18(19)23-20(26)15-3-4-17-16(9-15)10-22-24-17/h3-4,9-10,14,21H,2,5-8,11-13H2,1H3,(H,22,24). The van der Waals surface area contributed by atoms with Crippen molar-refractivity contribution in [2.45, 2.75) is 39.4 Å². The van der Waals surface area contributed by atoms with Gasteiger partial charge in [-0.1, -0.05) is 6.92 Å². The summed E-state index contributed by atoms with van der Waals surface area (Å²) in [6.45, 7) is 8.80. The van der Waals surface area contributed by atoms with Gasteiger partial charge < -0.3 is 14.8 Å². The van der Waals surface area contributed by atoms with Gasteiger partial charge in [0.1, 0.15) is 5.82 Å². The van der Waals surface area contributed by atoms with E-state index in [9.17, 15) is 0 Å². The molecule has 136 valence electrons. The fourth-order valence-electron chi connectivity index (χ4n) is 4.42. The van der Waals surface area contributed by atoms with Gasteiger partial charge in [-0.15, -0.1) is 0 Å². The van der Waals surface area contributed by atoms with Crippen molar-refractivity contribution in [3.63, 3.8) is 0 Å². The summed E-state index contributed by atoms with van der Waals surface area (Å²) >= 11 is 0. The Kier molecular flexibility index (Phi) is 4.02. The van der Waals surface area contributed by atoms with Gasteiger partial charge in [-0.05, 0) is 56.6 Å². The highest BCUT2D eigenvalue weighted by Crippen LogP contribution is 2.30. The Morgan fingerprint density at radius 1 is 1.19 bits per heavy atom. The second kappa shape index (κ2) is 6.52. The largest absolute Gasteiger partial charge is 0.326 e. The van der Waals surface area contributed by atoms with Crippen LogP contribution in [-0.2, 0) is 19.6 Å². The molecule has 0 unspecified atom stereocenters. The molecule has 2 aromatic heterocycles. The number of nitrogens with one attached hydrogen (secondary N) is 2. The lowest BCUT2D eigenvalue weighted by molar-refractivity contribution is 0.180. The molecule has 0 atom stereocenters. The maximum absolute atomic E-state index is 5.01. The van der Waals surface area contributed by atoms with Crippen molar-refractivity contribution in [1.29, 1.82) is 0 Å². The number of rotatable bonds is 4. The molecule has 1 fully saturated rings. The highest BCUT2D eigenvalue weighted by Gasteiger charge is 2.26. The molecule has 5 rings (SSSR count). The quantitative estimate of drug-likeness (QED) is 0.759. The van der Waals surface area contributed by atoms with Crippen molar-refractivity contribution in [1.82, 2.24) is 30.0 Å². The average Bonchev–Trinajstić information content (AvgIpc) is 3.38. The first kappa shape index (κ1) is 16.0. The third-order valence-electron chi connectivity index (χ3n) is 6.03. The molecule has 0 saturated carbocycles.